The van der Waals surface area contributed by atoms with Crippen molar-refractivity contribution in [2.45, 2.75) is 6.92 Å². The van der Waals surface area contributed by atoms with Gasteiger partial charge in [-0.25, -0.2) is 0 Å². The van der Waals surface area contributed by atoms with Crippen LogP contribution >= 0.6 is 15.9 Å². The molecule has 1 aromatic heterocycles. The molecule has 0 radical (unpaired) electrons. The van der Waals surface area contributed by atoms with Gasteiger partial charge in [-0.1, -0.05) is 0 Å². The minimum atomic E-state index is -0.258. The van der Waals surface area contributed by atoms with E-state index in [4.69, 9.17) is 5.73 Å². The van der Waals surface area contributed by atoms with E-state index < -0.39 is 0 Å². The Bertz CT molecular complexity index is 551. The van der Waals surface area contributed by atoms with Gasteiger partial charge in [0.2, 0.25) is 0 Å². The third-order valence-corrected chi connectivity index (χ3v) is 3.01. The van der Waals surface area contributed by atoms with Gasteiger partial charge in [0, 0.05) is 16.4 Å². The molecule has 0 unspecified atom stereocenters. The maximum absolute atomic E-state index is 11.8. The van der Waals surface area contributed by atoms with Crippen molar-refractivity contribution < 1.29 is 4.79 Å². The zero-order chi connectivity index (χ0) is 12.4. The van der Waals surface area contributed by atoms with Crippen LogP contribution in [0.3, 0.4) is 0 Å². The number of nitrogen functional groups attached to an aromatic ring is 1. The van der Waals surface area contributed by atoms with Crippen LogP contribution in [0.15, 0.2) is 28.9 Å². The first-order valence-corrected chi connectivity index (χ1v) is 5.73. The summed E-state index contributed by atoms with van der Waals surface area (Å²) >= 11 is 3.38. The van der Waals surface area contributed by atoms with Crippen molar-refractivity contribution in [1.82, 2.24) is 10.2 Å². The molecular formula is C11H11BrN4O. The van der Waals surface area contributed by atoms with Crippen LogP contribution in [0.1, 0.15) is 16.1 Å². The highest BCUT2D eigenvalue weighted by molar-refractivity contribution is 9.10. The molecule has 0 saturated carbocycles. The number of nitrogens with two attached hydrogens (primary N) is 1. The van der Waals surface area contributed by atoms with E-state index in [1.165, 1.54) is 6.20 Å². The summed E-state index contributed by atoms with van der Waals surface area (Å²) in [5, 5.41) is 9.05. The van der Waals surface area contributed by atoms with Gasteiger partial charge in [0.25, 0.3) is 5.91 Å². The summed E-state index contributed by atoms with van der Waals surface area (Å²) in [7, 11) is 0. The molecule has 1 aromatic carbocycles. The monoisotopic (exact) mass is 294 g/mol. The van der Waals surface area contributed by atoms with Gasteiger partial charge < -0.3 is 11.1 Å². The lowest BCUT2D eigenvalue weighted by Crippen LogP contribution is -2.13. The second kappa shape index (κ2) is 4.58. The summed E-state index contributed by atoms with van der Waals surface area (Å²) in [5.74, 6) is -0.258. The quantitative estimate of drug-likeness (QED) is 0.743. The molecule has 1 heterocycles. The van der Waals surface area contributed by atoms with Crippen molar-refractivity contribution in [3.8, 4) is 0 Å². The second-order valence-electron chi connectivity index (χ2n) is 3.61. The number of aromatic amines is 1. The van der Waals surface area contributed by atoms with Crippen molar-refractivity contribution >= 4 is 33.2 Å². The Hall–Kier alpha value is -1.82. The van der Waals surface area contributed by atoms with Gasteiger partial charge in [-0.2, -0.15) is 5.10 Å². The molecule has 0 aliphatic carbocycles. The van der Waals surface area contributed by atoms with Crippen molar-refractivity contribution in [2.24, 2.45) is 0 Å². The average molecular weight is 295 g/mol. The van der Waals surface area contributed by atoms with Gasteiger partial charge in [0.15, 0.2) is 0 Å². The number of nitrogens with one attached hydrogen (secondary N) is 2. The highest BCUT2D eigenvalue weighted by Crippen LogP contribution is 2.27. The summed E-state index contributed by atoms with van der Waals surface area (Å²) in [6.07, 6.45) is 1.52. The summed E-state index contributed by atoms with van der Waals surface area (Å²) in [5.41, 5.74) is 8.41. The highest BCUT2D eigenvalue weighted by atomic mass is 79.9. The van der Waals surface area contributed by atoms with Crippen molar-refractivity contribution in [2.75, 3.05) is 11.1 Å². The predicted octanol–water partition coefficient (Wildman–Crippen LogP) is 2.32. The van der Waals surface area contributed by atoms with Crippen LogP contribution < -0.4 is 11.1 Å². The maximum Gasteiger partial charge on any atom is 0.273 e. The number of amides is 1. The molecule has 0 atom stereocenters. The fourth-order valence-corrected chi connectivity index (χ4v) is 1.91. The van der Waals surface area contributed by atoms with E-state index in [2.05, 4.69) is 31.4 Å². The number of hydrogen-bond acceptors (Lipinski definition) is 3. The zero-order valence-electron chi connectivity index (χ0n) is 9.12. The van der Waals surface area contributed by atoms with Crippen LogP contribution in [0.2, 0.25) is 0 Å². The summed E-state index contributed by atoms with van der Waals surface area (Å²) in [4.78, 5) is 11.8. The number of rotatable bonds is 2. The first kappa shape index (κ1) is 11.7. The molecule has 0 spiro atoms. The van der Waals surface area contributed by atoms with E-state index in [1.807, 2.05) is 13.0 Å². The van der Waals surface area contributed by atoms with Gasteiger partial charge in [-0.15, -0.1) is 0 Å². The molecule has 6 heteroatoms. The fourth-order valence-electron chi connectivity index (χ4n) is 1.36. The molecule has 1 amide bonds. The lowest BCUT2D eigenvalue weighted by Gasteiger charge is -2.09. The fraction of sp³-hybridized carbons (Fsp3) is 0.0909. The highest BCUT2D eigenvalue weighted by Gasteiger charge is 2.10. The molecule has 2 aromatic rings. The van der Waals surface area contributed by atoms with Gasteiger partial charge in [0.05, 0.1) is 5.69 Å². The molecule has 0 saturated heterocycles. The van der Waals surface area contributed by atoms with E-state index in [0.29, 0.717) is 17.1 Å². The Morgan fingerprint density at radius 2 is 2.29 bits per heavy atom. The van der Waals surface area contributed by atoms with Crippen LogP contribution in [0, 0.1) is 6.92 Å². The average Bonchev–Trinajstić information content (AvgIpc) is 2.79. The number of nitrogens with zero attached hydrogens (tertiary/aromatic N) is 1. The SMILES string of the molecule is Cc1cc(Br)c(NC(=O)c2ccn[nH]2)cc1N. The van der Waals surface area contributed by atoms with Crippen molar-refractivity contribution in [3.63, 3.8) is 0 Å². The third-order valence-electron chi connectivity index (χ3n) is 2.35. The van der Waals surface area contributed by atoms with E-state index in [0.717, 1.165) is 10.0 Å². The molecule has 4 N–H and O–H groups in total. The van der Waals surface area contributed by atoms with Crippen LogP contribution in [0.5, 0.6) is 0 Å². The summed E-state index contributed by atoms with van der Waals surface area (Å²) < 4.78 is 0.789. The molecule has 2 rings (SSSR count). The Labute approximate surface area is 107 Å². The van der Waals surface area contributed by atoms with E-state index in [-0.39, 0.29) is 5.91 Å². The van der Waals surface area contributed by atoms with Crippen LogP contribution in [-0.4, -0.2) is 16.1 Å². The zero-order valence-corrected chi connectivity index (χ0v) is 10.7. The van der Waals surface area contributed by atoms with Crippen molar-refractivity contribution in [3.05, 3.63) is 40.1 Å². The van der Waals surface area contributed by atoms with E-state index >= 15 is 0 Å². The van der Waals surface area contributed by atoms with E-state index in [9.17, 15) is 4.79 Å². The summed E-state index contributed by atoms with van der Waals surface area (Å²) in [6.45, 7) is 1.90. The topological polar surface area (TPSA) is 83.8 Å². The molecular weight excluding hydrogens is 284 g/mol. The first-order chi connectivity index (χ1) is 8.08. The molecule has 5 nitrogen and oxygen atoms in total. The van der Waals surface area contributed by atoms with Gasteiger partial charge in [-0.05, 0) is 46.6 Å². The number of carbonyl (C=O) groups excluding carboxylic acids is 1. The number of carbonyl (C=O) groups is 1. The molecule has 17 heavy (non-hydrogen) atoms. The van der Waals surface area contributed by atoms with Gasteiger partial charge in [0.1, 0.15) is 5.69 Å². The molecule has 0 bridgehead atoms. The van der Waals surface area contributed by atoms with Crippen LogP contribution in [0.4, 0.5) is 11.4 Å². The Kier molecular flexibility index (Phi) is 3.14. The maximum atomic E-state index is 11.8. The number of H-pyrrole nitrogens is 1. The summed E-state index contributed by atoms with van der Waals surface area (Å²) in [6, 6.07) is 5.17. The standard InChI is InChI=1S/C11H11BrN4O/c1-6-4-7(12)10(5-8(6)13)15-11(17)9-2-3-14-16-9/h2-5H,13H2,1H3,(H,14,16)(H,15,17). The Morgan fingerprint density at radius 1 is 1.53 bits per heavy atom. The smallest absolute Gasteiger partial charge is 0.273 e. The number of aromatic nitrogens is 2. The minimum Gasteiger partial charge on any atom is -0.398 e. The first-order valence-electron chi connectivity index (χ1n) is 4.94. The van der Waals surface area contributed by atoms with Crippen LogP contribution in [-0.2, 0) is 0 Å². The molecule has 0 fully saturated rings. The number of benzene rings is 1. The molecule has 0 aliphatic rings. The lowest BCUT2D eigenvalue weighted by atomic mass is 10.2. The number of aryl methyl sites for hydroxylation is 1. The predicted molar refractivity (Wildman–Crippen MR) is 69.8 cm³/mol. The minimum absolute atomic E-state index is 0.258. The van der Waals surface area contributed by atoms with Crippen molar-refractivity contribution in [1.29, 1.82) is 0 Å². The Morgan fingerprint density at radius 3 is 2.94 bits per heavy atom. The van der Waals surface area contributed by atoms with Gasteiger partial charge >= 0.3 is 0 Å². The normalized spacial score (nSPS) is 10.2. The largest absolute Gasteiger partial charge is 0.398 e. The number of halogens is 1. The van der Waals surface area contributed by atoms with Crippen LogP contribution in [0.25, 0.3) is 0 Å². The lowest BCUT2D eigenvalue weighted by molar-refractivity contribution is 0.102. The Balaban J connectivity index is 2.25. The van der Waals surface area contributed by atoms with Gasteiger partial charge in [-0.3, -0.25) is 9.89 Å². The molecule has 88 valence electrons. The number of anilines is 2. The van der Waals surface area contributed by atoms with E-state index in [1.54, 1.807) is 12.1 Å². The molecule has 0 aliphatic heterocycles. The second-order valence-corrected chi connectivity index (χ2v) is 4.47. The number of hydrogen-bond donors (Lipinski definition) is 3. The third kappa shape index (κ3) is 2.47.